The second kappa shape index (κ2) is 9.43. The van der Waals surface area contributed by atoms with E-state index in [1.807, 2.05) is 50.2 Å². The fourth-order valence-corrected chi connectivity index (χ4v) is 2.74. The van der Waals surface area contributed by atoms with Crippen LogP contribution >= 0.6 is 11.6 Å². The van der Waals surface area contributed by atoms with Crippen molar-refractivity contribution in [2.45, 2.75) is 45.3 Å². The van der Waals surface area contributed by atoms with Crippen molar-refractivity contribution in [3.8, 4) is 0 Å². The first-order chi connectivity index (χ1) is 12.4. The lowest BCUT2D eigenvalue weighted by molar-refractivity contribution is -0.142. The highest BCUT2D eigenvalue weighted by molar-refractivity contribution is 6.30. The number of nitrogens with zero attached hydrogens (tertiary/aromatic N) is 2. The first-order valence-electron chi connectivity index (χ1n) is 8.67. The van der Waals surface area contributed by atoms with Crippen molar-refractivity contribution >= 4 is 23.4 Å². The number of carbonyl (C=O) groups is 2. The molecule has 1 aromatic carbocycles. The summed E-state index contributed by atoms with van der Waals surface area (Å²) in [5.74, 6) is 0.305. The Morgan fingerprint density at radius 3 is 2.27 bits per heavy atom. The van der Waals surface area contributed by atoms with E-state index in [1.165, 1.54) is 4.90 Å². The van der Waals surface area contributed by atoms with E-state index in [2.05, 4.69) is 0 Å². The Balaban J connectivity index is 2.16. The number of benzene rings is 1. The number of hydrogen-bond donors (Lipinski definition) is 0. The standard InChI is InChI=1S/C20H25ClN2O3/c1-15(2)23(20(25)16(3)21)14-19(24)22(13-18-10-7-11-26-18)12-17-8-5-4-6-9-17/h4-11,15-16H,12-14H2,1-3H3/t16-/m1/s1. The maximum atomic E-state index is 13.0. The molecule has 140 valence electrons. The molecule has 2 amide bonds. The maximum Gasteiger partial charge on any atom is 0.242 e. The minimum Gasteiger partial charge on any atom is -0.467 e. The molecule has 0 saturated carbocycles. The summed E-state index contributed by atoms with van der Waals surface area (Å²) in [7, 11) is 0. The number of amides is 2. The Morgan fingerprint density at radius 2 is 1.73 bits per heavy atom. The predicted octanol–water partition coefficient (Wildman–Crippen LogP) is 3.67. The van der Waals surface area contributed by atoms with Crippen LogP contribution in [0.5, 0.6) is 0 Å². The van der Waals surface area contributed by atoms with Gasteiger partial charge in [-0.05, 0) is 38.5 Å². The summed E-state index contributed by atoms with van der Waals surface area (Å²) < 4.78 is 5.39. The first kappa shape index (κ1) is 20.0. The summed E-state index contributed by atoms with van der Waals surface area (Å²) in [5, 5.41) is -0.669. The molecule has 0 bridgehead atoms. The molecule has 2 aromatic rings. The number of furan rings is 1. The largest absolute Gasteiger partial charge is 0.467 e. The van der Waals surface area contributed by atoms with Gasteiger partial charge in [0, 0.05) is 12.6 Å². The lowest BCUT2D eigenvalue weighted by atomic mass is 10.2. The molecule has 26 heavy (non-hydrogen) atoms. The predicted molar refractivity (Wildman–Crippen MR) is 102 cm³/mol. The highest BCUT2D eigenvalue weighted by Gasteiger charge is 2.26. The topological polar surface area (TPSA) is 53.8 Å². The number of hydrogen-bond acceptors (Lipinski definition) is 3. The van der Waals surface area contributed by atoms with Crippen molar-refractivity contribution in [3.63, 3.8) is 0 Å². The monoisotopic (exact) mass is 376 g/mol. The zero-order valence-electron chi connectivity index (χ0n) is 15.4. The molecule has 1 atom stereocenters. The van der Waals surface area contributed by atoms with Gasteiger partial charge in [0.15, 0.2) is 0 Å². The van der Waals surface area contributed by atoms with Crippen molar-refractivity contribution < 1.29 is 14.0 Å². The number of carbonyl (C=O) groups excluding carboxylic acids is 2. The number of halogens is 1. The van der Waals surface area contributed by atoms with Gasteiger partial charge in [-0.1, -0.05) is 30.3 Å². The quantitative estimate of drug-likeness (QED) is 0.660. The van der Waals surface area contributed by atoms with Gasteiger partial charge in [0.2, 0.25) is 11.8 Å². The number of rotatable bonds is 8. The van der Waals surface area contributed by atoms with Crippen LogP contribution in [-0.4, -0.2) is 39.6 Å². The minimum atomic E-state index is -0.669. The lowest BCUT2D eigenvalue weighted by Gasteiger charge is -2.30. The summed E-state index contributed by atoms with van der Waals surface area (Å²) in [5.41, 5.74) is 1.01. The third kappa shape index (κ3) is 5.63. The van der Waals surface area contributed by atoms with Crippen molar-refractivity contribution in [2.75, 3.05) is 6.54 Å². The zero-order valence-corrected chi connectivity index (χ0v) is 16.1. The highest BCUT2D eigenvalue weighted by Crippen LogP contribution is 2.13. The fraction of sp³-hybridized carbons (Fsp3) is 0.400. The molecule has 0 spiro atoms. The Morgan fingerprint density at radius 1 is 1.04 bits per heavy atom. The Hall–Kier alpha value is -2.27. The molecule has 0 radical (unpaired) electrons. The molecule has 0 saturated heterocycles. The smallest absolute Gasteiger partial charge is 0.242 e. The third-order valence-corrected chi connectivity index (χ3v) is 4.23. The summed E-state index contributed by atoms with van der Waals surface area (Å²) in [6.45, 7) is 6.14. The van der Waals surface area contributed by atoms with E-state index in [9.17, 15) is 9.59 Å². The SMILES string of the molecule is CC(C)N(CC(=O)N(Cc1ccccc1)Cc1ccco1)C(=O)[C@@H](C)Cl. The van der Waals surface area contributed by atoms with Gasteiger partial charge in [-0.25, -0.2) is 0 Å². The maximum absolute atomic E-state index is 13.0. The highest BCUT2D eigenvalue weighted by atomic mass is 35.5. The van der Waals surface area contributed by atoms with Crippen LogP contribution in [0.1, 0.15) is 32.1 Å². The van der Waals surface area contributed by atoms with Crippen LogP contribution in [0.3, 0.4) is 0 Å². The summed E-state index contributed by atoms with van der Waals surface area (Å²) >= 11 is 5.94. The van der Waals surface area contributed by atoms with Gasteiger partial charge in [-0.2, -0.15) is 0 Å². The van der Waals surface area contributed by atoms with E-state index < -0.39 is 5.38 Å². The van der Waals surface area contributed by atoms with Crippen LogP contribution in [0.15, 0.2) is 53.1 Å². The molecule has 1 aromatic heterocycles. The molecule has 0 aliphatic rings. The van der Waals surface area contributed by atoms with Crippen molar-refractivity contribution in [3.05, 3.63) is 60.1 Å². The van der Waals surface area contributed by atoms with Crippen LogP contribution in [-0.2, 0) is 22.7 Å². The Labute approximate surface area is 159 Å². The average molecular weight is 377 g/mol. The Bertz CT molecular complexity index is 699. The van der Waals surface area contributed by atoms with Gasteiger partial charge < -0.3 is 14.2 Å². The average Bonchev–Trinajstić information content (AvgIpc) is 3.12. The summed E-state index contributed by atoms with van der Waals surface area (Å²) in [6, 6.07) is 13.2. The van der Waals surface area contributed by atoms with Gasteiger partial charge in [-0.15, -0.1) is 11.6 Å². The third-order valence-electron chi connectivity index (χ3n) is 4.05. The van der Waals surface area contributed by atoms with Gasteiger partial charge in [0.05, 0.1) is 12.8 Å². The molecule has 0 N–H and O–H groups in total. The van der Waals surface area contributed by atoms with E-state index in [0.717, 1.165) is 5.56 Å². The molecule has 1 heterocycles. The fourth-order valence-electron chi connectivity index (χ4n) is 2.62. The molecule has 2 rings (SSSR count). The molecule has 5 nitrogen and oxygen atoms in total. The molecule has 0 aliphatic heterocycles. The Kier molecular flexibility index (Phi) is 7.27. The van der Waals surface area contributed by atoms with Crippen molar-refractivity contribution in [2.24, 2.45) is 0 Å². The zero-order chi connectivity index (χ0) is 19.1. The van der Waals surface area contributed by atoms with Crippen LogP contribution in [0, 0.1) is 0 Å². The number of alkyl halides is 1. The van der Waals surface area contributed by atoms with Crippen molar-refractivity contribution in [1.29, 1.82) is 0 Å². The normalized spacial score (nSPS) is 12.0. The molecule has 6 heteroatoms. The molecule has 0 fully saturated rings. The summed E-state index contributed by atoms with van der Waals surface area (Å²) in [4.78, 5) is 28.5. The first-order valence-corrected chi connectivity index (χ1v) is 9.10. The van der Waals surface area contributed by atoms with Crippen LogP contribution in [0.25, 0.3) is 0 Å². The molecular formula is C20H25ClN2O3. The van der Waals surface area contributed by atoms with E-state index in [4.69, 9.17) is 16.0 Å². The second-order valence-electron chi connectivity index (χ2n) is 6.49. The van der Waals surface area contributed by atoms with Crippen LogP contribution < -0.4 is 0 Å². The van der Waals surface area contributed by atoms with Crippen LogP contribution in [0.2, 0.25) is 0 Å². The lowest BCUT2D eigenvalue weighted by Crippen LogP contribution is -2.47. The van der Waals surface area contributed by atoms with Gasteiger partial charge in [0.1, 0.15) is 17.7 Å². The van der Waals surface area contributed by atoms with E-state index in [-0.39, 0.29) is 24.4 Å². The van der Waals surface area contributed by atoms with E-state index in [0.29, 0.717) is 18.8 Å². The van der Waals surface area contributed by atoms with Gasteiger partial charge >= 0.3 is 0 Å². The minimum absolute atomic E-state index is 0.0128. The van der Waals surface area contributed by atoms with E-state index >= 15 is 0 Å². The van der Waals surface area contributed by atoms with Crippen LogP contribution in [0.4, 0.5) is 0 Å². The molecule has 0 unspecified atom stereocenters. The second-order valence-corrected chi connectivity index (χ2v) is 7.15. The van der Waals surface area contributed by atoms with Gasteiger partial charge in [-0.3, -0.25) is 9.59 Å². The molecular weight excluding hydrogens is 352 g/mol. The van der Waals surface area contributed by atoms with Gasteiger partial charge in [0.25, 0.3) is 0 Å². The van der Waals surface area contributed by atoms with Crippen molar-refractivity contribution in [1.82, 2.24) is 9.80 Å². The van der Waals surface area contributed by atoms with E-state index in [1.54, 1.807) is 24.2 Å². The summed E-state index contributed by atoms with van der Waals surface area (Å²) in [6.07, 6.45) is 1.58. The molecule has 0 aliphatic carbocycles.